The summed E-state index contributed by atoms with van der Waals surface area (Å²) in [5.41, 5.74) is -2.18. The van der Waals surface area contributed by atoms with Crippen LogP contribution in [0.5, 0.6) is 0 Å². The minimum absolute atomic E-state index is 0.334. The Hall–Kier alpha value is -2.12. The zero-order valence-electron chi connectivity index (χ0n) is 10.4. The molecular weight excluding hydrogens is 311 g/mol. The minimum atomic E-state index is -4.78. The molecule has 0 aliphatic carbocycles. The van der Waals surface area contributed by atoms with E-state index in [0.29, 0.717) is 6.07 Å². The minimum Gasteiger partial charge on any atom is -0.351 e. The summed E-state index contributed by atoms with van der Waals surface area (Å²) in [4.78, 5) is 11.6. The average molecular weight is 321 g/mol. The fraction of sp³-hybridized carbons (Fsp3) is 0.273. The number of nitrogens with one attached hydrogen (secondary N) is 1. The molecule has 1 amide bonds. The summed E-state index contributed by atoms with van der Waals surface area (Å²) < 4.78 is 59.4. The molecule has 10 heteroatoms. The Bertz CT molecular complexity index is 693. The maximum absolute atomic E-state index is 12.7. The van der Waals surface area contributed by atoms with E-state index in [1.165, 1.54) is 6.07 Å². The third-order valence-corrected chi connectivity index (χ3v) is 3.15. The van der Waals surface area contributed by atoms with Crippen molar-refractivity contribution in [3.05, 3.63) is 34.9 Å². The van der Waals surface area contributed by atoms with Gasteiger partial charge in [0.05, 0.1) is 22.9 Å². The van der Waals surface area contributed by atoms with Gasteiger partial charge >= 0.3 is 6.18 Å². The number of rotatable bonds is 4. The summed E-state index contributed by atoms with van der Waals surface area (Å²) in [7, 11) is -3.78. The largest absolute Gasteiger partial charge is 0.417 e. The third-order valence-electron chi connectivity index (χ3n) is 2.38. The highest BCUT2D eigenvalue weighted by Gasteiger charge is 2.34. The van der Waals surface area contributed by atoms with E-state index in [2.05, 4.69) is 5.32 Å². The normalized spacial score (nSPS) is 11.8. The van der Waals surface area contributed by atoms with Crippen molar-refractivity contribution in [3.63, 3.8) is 0 Å². The van der Waals surface area contributed by atoms with Crippen LogP contribution in [0.15, 0.2) is 18.2 Å². The van der Waals surface area contributed by atoms with Gasteiger partial charge in [0.15, 0.2) is 0 Å². The molecule has 0 bridgehead atoms. The maximum atomic E-state index is 12.7. The number of nitriles is 1. The van der Waals surface area contributed by atoms with Crippen LogP contribution in [0.3, 0.4) is 0 Å². The van der Waals surface area contributed by atoms with E-state index in [-0.39, 0.29) is 12.1 Å². The molecule has 0 saturated heterocycles. The van der Waals surface area contributed by atoms with Gasteiger partial charge in [0.2, 0.25) is 10.0 Å². The molecule has 6 nitrogen and oxygen atoms in total. The molecule has 0 heterocycles. The highest BCUT2D eigenvalue weighted by Crippen LogP contribution is 2.32. The Morgan fingerprint density at radius 3 is 2.48 bits per heavy atom. The van der Waals surface area contributed by atoms with Gasteiger partial charge < -0.3 is 5.32 Å². The molecule has 0 radical (unpaired) electrons. The number of hydrogen-bond donors (Lipinski definition) is 2. The molecule has 1 aromatic carbocycles. The number of nitrogens with zero attached hydrogens (tertiary/aromatic N) is 1. The van der Waals surface area contributed by atoms with Crippen LogP contribution in [0.1, 0.15) is 21.5 Å². The lowest BCUT2D eigenvalue weighted by molar-refractivity contribution is -0.137. The molecule has 0 unspecified atom stereocenters. The average Bonchev–Trinajstić information content (AvgIpc) is 2.35. The second-order valence-electron chi connectivity index (χ2n) is 3.99. The molecule has 0 saturated carbocycles. The number of alkyl halides is 3. The molecule has 21 heavy (non-hydrogen) atoms. The van der Waals surface area contributed by atoms with Crippen LogP contribution in [-0.2, 0) is 16.2 Å². The van der Waals surface area contributed by atoms with Crippen LogP contribution < -0.4 is 10.5 Å². The number of amides is 1. The fourth-order valence-corrected chi connectivity index (χ4v) is 1.81. The van der Waals surface area contributed by atoms with Crippen molar-refractivity contribution < 1.29 is 26.4 Å². The molecular formula is C11H10F3N3O3S. The van der Waals surface area contributed by atoms with Crippen molar-refractivity contribution >= 4 is 15.9 Å². The smallest absolute Gasteiger partial charge is 0.351 e. The summed E-state index contributed by atoms with van der Waals surface area (Å²) in [6, 6.07) is 3.83. The summed E-state index contributed by atoms with van der Waals surface area (Å²) in [5.74, 6) is -1.44. The van der Waals surface area contributed by atoms with Crippen LogP contribution in [0.25, 0.3) is 0 Å². The van der Waals surface area contributed by atoms with Gasteiger partial charge in [-0.05, 0) is 18.2 Å². The molecule has 1 aromatic rings. The molecule has 0 aromatic heterocycles. The van der Waals surface area contributed by atoms with E-state index in [1.807, 2.05) is 0 Å². The zero-order chi connectivity index (χ0) is 16.3. The number of hydrogen-bond acceptors (Lipinski definition) is 4. The summed E-state index contributed by atoms with van der Waals surface area (Å²) in [6.45, 7) is -0.334. The molecule has 1 rings (SSSR count). The zero-order valence-corrected chi connectivity index (χ0v) is 11.3. The molecule has 0 atom stereocenters. The summed E-state index contributed by atoms with van der Waals surface area (Å²) in [5, 5.41) is 15.4. The van der Waals surface area contributed by atoms with Crippen molar-refractivity contribution in [2.24, 2.45) is 5.14 Å². The molecule has 0 spiro atoms. The first kappa shape index (κ1) is 16.9. The van der Waals surface area contributed by atoms with E-state index in [1.54, 1.807) is 0 Å². The van der Waals surface area contributed by atoms with Crippen LogP contribution in [-0.4, -0.2) is 26.6 Å². The number of carbonyl (C=O) groups is 1. The molecule has 3 N–H and O–H groups in total. The Morgan fingerprint density at radius 1 is 1.38 bits per heavy atom. The highest BCUT2D eigenvalue weighted by molar-refractivity contribution is 7.89. The van der Waals surface area contributed by atoms with E-state index >= 15 is 0 Å². The Morgan fingerprint density at radius 2 is 2.00 bits per heavy atom. The molecule has 0 fully saturated rings. The lowest BCUT2D eigenvalue weighted by Crippen LogP contribution is -2.31. The second kappa shape index (κ2) is 6.11. The van der Waals surface area contributed by atoms with Gasteiger partial charge in [-0.1, -0.05) is 0 Å². The quantitative estimate of drug-likeness (QED) is 0.845. The molecule has 0 aliphatic heterocycles. The van der Waals surface area contributed by atoms with Crippen LogP contribution in [0.4, 0.5) is 13.2 Å². The van der Waals surface area contributed by atoms with Crippen LogP contribution in [0, 0.1) is 11.3 Å². The number of benzene rings is 1. The number of nitrogens with two attached hydrogens (primary N) is 1. The predicted octanol–water partition coefficient (Wildman–Crippen LogP) is 0.595. The number of sulfonamides is 1. The van der Waals surface area contributed by atoms with Gasteiger partial charge in [0.25, 0.3) is 5.91 Å². The van der Waals surface area contributed by atoms with Crippen molar-refractivity contribution in [2.75, 3.05) is 12.3 Å². The van der Waals surface area contributed by atoms with Gasteiger partial charge in [-0.2, -0.15) is 18.4 Å². The van der Waals surface area contributed by atoms with Crippen molar-refractivity contribution in [1.82, 2.24) is 5.32 Å². The van der Waals surface area contributed by atoms with Crippen molar-refractivity contribution in [3.8, 4) is 6.07 Å². The van der Waals surface area contributed by atoms with E-state index < -0.39 is 39.0 Å². The predicted molar refractivity (Wildman–Crippen MR) is 66.5 cm³/mol. The van der Waals surface area contributed by atoms with Gasteiger partial charge in [0, 0.05) is 12.1 Å². The fourth-order valence-electron chi connectivity index (χ4n) is 1.43. The van der Waals surface area contributed by atoms with E-state index in [4.69, 9.17) is 10.4 Å². The number of carbonyl (C=O) groups excluding carboxylic acids is 1. The first-order chi connectivity index (χ1) is 9.54. The number of halogens is 3. The Labute approximate surface area is 118 Å². The Kier molecular flexibility index (Phi) is 4.93. The second-order valence-corrected chi connectivity index (χ2v) is 5.73. The Balaban J connectivity index is 2.95. The van der Waals surface area contributed by atoms with Crippen LogP contribution in [0.2, 0.25) is 0 Å². The summed E-state index contributed by atoms with van der Waals surface area (Å²) in [6.07, 6.45) is -4.78. The van der Waals surface area contributed by atoms with Crippen molar-refractivity contribution in [2.45, 2.75) is 6.18 Å². The SMILES string of the molecule is N#Cc1ccc(C(=O)NCCS(N)(=O)=O)cc1C(F)(F)F. The molecule has 114 valence electrons. The van der Waals surface area contributed by atoms with Gasteiger partial charge in [0.1, 0.15) is 0 Å². The van der Waals surface area contributed by atoms with Crippen LogP contribution >= 0.6 is 0 Å². The van der Waals surface area contributed by atoms with Gasteiger partial charge in [-0.15, -0.1) is 0 Å². The van der Waals surface area contributed by atoms with E-state index in [9.17, 15) is 26.4 Å². The first-order valence-electron chi connectivity index (χ1n) is 5.44. The number of primary sulfonamides is 1. The maximum Gasteiger partial charge on any atom is 0.417 e. The van der Waals surface area contributed by atoms with E-state index in [0.717, 1.165) is 12.1 Å². The molecule has 0 aliphatic rings. The topological polar surface area (TPSA) is 113 Å². The summed E-state index contributed by atoms with van der Waals surface area (Å²) >= 11 is 0. The highest BCUT2D eigenvalue weighted by atomic mass is 32.2. The first-order valence-corrected chi connectivity index (χ1v) is 7.16. The van der Waals surface area contributed by atoms with Crippen molar-refractivity contribution in [1.29, 1.82) is 5.26 Å². The standard InChI is InChI=1S/C11H10F3N3O3S/c12-11(13,14)9-5-7(1-2-8(9)6-15)10(18)17-3-4-21(16,19)20/h1-2,5H,3-4H2,(H,17,18)(H2,16,19,20). The lowest BCUT2D eigenvalue weighted by atomic mass is 10.0. The third kappa shape index (κ3) is 5.05. The van der Waals surface area contributed by atoms with Gasteiger partial charge in [-0.3, -0.25) is 4.79 Å². The lowest BCUT2D eigenvalue weighted by Gasteiger charge is -2.11. The monoisotopic (exact) mass is 321 g/mol. The van der Waals surface area contributed by atoms with Gasteiger partial charge in [-0.25, -0.2) is 13.6 Å².